The fraction of sp³-hybridized carbons (Fsp3) is 0.148. The van der Waals surface area contributed by atoms with Crippen LogP contribution in [-0.4, -0.2) is 24.8 Å². The highest BCUT2D eigenvalue weighted by molar-refractivity contribution is 6.46. The van der Waals surface area contributed by atoms with Crippen LogP contribution in [0, 0.1) is 13.8 Å². The summed E-state index contributed by atoms with van der Waals surface area (Å²) >= 11 is 0. The summed E-state index contributed by atoms with van der Waals surface area (Å²) in [6.07, 6.45) is 0. The molecule has 0 atom stereocenters. The molecule has 3 amide bonds. The van der Waals surface area contributed by atoms with Crippen molar-refractivity contribution in [1.82, 2.24) is 0 Å². The first kappa shape index (κ1) is 22.8. The monoisotopic (exact) mass is 455 g/mol. The molecule has 0 fully saturated rings. The second kappa shape index (κ2) is 9.23. The SMILES string of the molecule is COc1ccc(C)cc1NC1=C(c2ccc(NC(C)=O)cc2)C(=O)N(c2ccc(C)cc2)C1=O. The van der Waals surface area contributed by atoms with Crippen molar-refractivity contribution < 1.29 is 19.1 Å². The van der Waals surface area contributed by atoms with Crippen LogP contribution in [0.15, 0.2) is 72.4 Å². The Bertz CT molecular complexity index is 1310. The summed E-state index contributed by atoms with van der Waals surface area (Å²) in [4.78, 5) is 39.7. The van der Waals surface area contributed by atoms with E-state index >= 15 is 0 Å². The van der Waals surface area contributed by atoms with Gasteiger partial charge in [-0.25, -0.2) is 4.90 Å². The molecule has 7 nitrogen and oxygen atoms in total. The Labute approximate surface area is 198 Å². The maximum atomic E-state index is 13.6. The van der Waals surface area contributed by atoms with Gasteiger partial charge in [0, 0.05) is 12.6 Å². The van der Waals surface area contributed by atoms with Crippen LogP contribution in [-0.2, 0) is 14.4 Å². The minimum absolute atomic E-state index is 0.154. The van der Waals surface area contributed by atoms with Crippen LogP contribution in [0.5, 0.6) is 5.75 Å². The van der Waals surface area contributed by atoms with Gasteiger partial charge >= 0.3 is 0 Å². The van der Waals surface area contributed by atoms with E-state index in [-0.39, 0.29) is 17.2 Å². The number of nitrogens with one attached hydrogen (secondary N) is 2. The summed E-state index contributed by atoms with van der Waals surface area (Å²) in [6.45, 7) is 5.29. The maximum Gasteiger partial charge on any atom is 0.282 e. The number of hydrogen-bond donors (Lipinski definition) is 2. The first-order valence-corrected chi connectivity index (χ1v) is 10.8. The summed E-state index contributed by atoms with van der Waals surface area (Å²) in [5.41, 5.74) is 4.60. The quantitative estimate of drug-likeness (QED) is 0.528. The van der Waals surface area contributed by atoms with E-state index in [4.69, 9.17) is 4.74 Å². The first-order valence-electron chi connectivity index (χ1n) is 10.8. The van der Waals surface area contributed by atoms with Crippen LogP contribution in [0.2, 0.25) is 0 Å². The van der Waals surface area contributed by atoms with E-state index in [1.807, 2.05) is 38.1 Å². The number of anilines is 3. The number of rotatable bonds is 6. The van der Waals surface area contributed by atoms with Gasteiger partial charge in [0.2, 0.25) is 5.91 Å². The molecule has 4 rings (SSSR count). The van der Waals surface area contributed by atoms with Gasteiger partial charge in [-0.05, 0) is 61.4 Å². The van der Waals surface area contributed by atoms with Crippen LogP contribution in [0.1, 0.15) is 23.6 Å². The van der Waals surface area contributed by atoms with Crippen molar-refractivity contribution in [3.63, 3.8) is 0 Å². The summed E-state index contributed by atoms with van der Waals surface area (Å²) < 4.78 is 5.46. The molecule has 0 saturated heterocycles. The molecular weight excluding hydrogens is 430 g/mol. The predicted molar refractivity (Wildman–Crippen MR) is 133 cm³/mol. The molecule has 7 heteroatoms. The Kier molecular flexibility index (Phi) is 6.19. The van der Waals surface area contributed by atoms with Gasteiger partial charge in [-0.15, -0.1) is 0 Å². The second-order valence-corrected chi connectivity index (χ2v) is 8.12. The number of methoxy groups -OCH3 is 1. The molecule has 3 aromatic carbocycles. The van der Waals surface area contributed by atoms with E-state index in [0.717, 1.165) is 11.1 Å². The molecule has 0 saturated carbocycles. The number of amides is 3. The summed E-state index contributed by atoms with van der Waals surface area (Å²) in [5.74, 6) is -0.542. The Morgan fingerprint density at radius 1 is 0.853 bits per heavy atom. The zero-order valence-corrected chi connectivity index (χ0v) is 19.4. The molecule has 0 radical (unpaired) electrons. The van der Waals surface area contributed by atoms with Crippen molar-refractivity contribution >= 4 is 40.4 Å². The van der Waals surface area contributed by atoms with Gasteiger partial charge in [-0.3, -0.25) is 14.4 Å². The highest BCUT2D eigenvalue weighted by Crippen LogP contribution is 2.36. The molecule has 0 spiro atoms. The molecule has 1 aliphatic rings. The van der Waals surface area contributed by atoms with Gasteiger partial charge in [0.05, 0.1) is 24.1 Å². The van der Waals surface area contributed by atoms with Crippen molar-refractivity contribution in [3.05, 3.63) is 89.1 Å². The van der Waals surface area contributed by atoms with E-state index in [1.165, 1.54) is 11.8 Å². The van der Waals surface area contributed by atoms with Crippen LogP contribution < -0.4 is 20.3 Å². The van der Waals surface area contributed by atoms with Crippen LogP contribution in [0.25, 0.3) is 5.57 Å². The molecule has 1 aliphatic heterocycles. The van der Waals surface area contributed by atoms with Gasteiger partial charge < -0.3 is 15.4 Å². The van der Waals surface area contributed by atoms with Crippen molar-refractivity contribution in [2.24, 2.45) is 0 Å². The van der Waals surface area contributed by atoms with Crippen molar-refractivity contribution in [1.29, 1.82) is 0 Å². The number of aryl methyl sites for hydroxylation is 2. The number of hydrogen-bond acceptors (Lipinski definition) is 5. The first-order chi connectivity index (χ1) is 16.3. The van der Waals surface area contributed by atoms with Gasteiger partial charge in [0.15, 0.2) is 0 Å². The molecule has 34 heavy (non-hydrogen) atoms. The minimum Gasteiger partial charge on any atom is -0.495 e. The zero-order chi connectivity index (χ0) is 24.4. The van der Waals surface area contributed by atoms with Gasteiger partial charge in [-0.1, -0.05) is 35.9 Å². The zero-order valence-electron chi connectivity index (χ0n) is 19.4. The number of ether oxygens (including phenoxy) is 1. The lowest BCUT2D eigenvalue weighted by Crippen LogP contribution is -2.32. The molecular formula is C27H25N3O4. The topological polar surface area (TPSA) is 87.7 Å². The van der Waals surface area contributed by atoms with Crippen LogP contribution in [0.3, 0.4) is 0 Å². The molecule has 0 unspecified atom stereocenters. The third-order valence-electron chi connectivity index (χ3n) is 5.48. The van der Waals surface area contributed by atoms with Crippen LogP contribution in [0.4, 0.5) is 17.1 Å². The van der Waals surface area contributed by atoms with Crippen molar-refractivity contribution in [2.45, 2.75) is 20.8 Å². The Morgan fingerprint density at radius 2 is 1.50 bits per heavy atom. The van der Waals surface area contributed by atoms with Crippen LogP contribution >= 0.6 is 0 Å². The van der Waals surface area contributed by atoms with E-state index in [0.29, 0.717) is 28.4 Å². The molecule has 3 aromatic rings. The Hall–Kier alpha value is -4.39. The lowest BCUT2D eigenvalue weighted by Gasteiger charge is -2.16. The average Bonchev–Trinajstić information content (AvgIpc) is 3.04. The third-order valence-corrected chi connectivity index (χ3v) is 5.48. The van der Waals surface area contributed by atoms with E-state index < -0.39 is 11.8 Å². The standard InChI is InChI=1S/C27H25N3O4/c1-16-5-12-21(13-6-16)30-26(32)24(19-8-10-20(11-9-19)28-18(3)31)25(27(30)33)29-22-15-17(2)7-14-23(22)34-4/h5-15,29H,1-4H3,(H,28,31). The maximum absolute atomic E-state index is 13.6. The second-order valence-electron chi connectivity index (χ2n) is 8.12. The minimum atomic E-state index is -0.460. The molecule has 1 heterocycles. The third kappa shape index (κ3) is 4.41. The number of benzene rings is 3. The molecule has 2 N–H and O–H groups in total. The number of carbonyl (C=O) groups is 3. The van der Waals surface area contributed by atoms with Gasteiger partial charge in [-0.2, -0.15) is 0 Å². The largest absolute Gasteiger partial charge is 0.495 e. The lowest BCUT2D eigenvalue weighted by atomic mass is 10.0. The van der Waals surface area contributed by atoms with E-state index in [2.05, 4.69) is 10.6 Å². The average molecular weight is 456 g/mol. The molecule has 0 bridgehead atoms. The van der Waals surface area contributed by atoms with Gasteiger partial charge in [0.25, 0.3) is 11.8 Å². The number of carbonyl (C=O) groups excluding carboxylic acids is 3. The van der Waals surface area contributed by atoms with Gasteiger partial charge in [0.1, 0.15) is 11.4 Å². The van der Waals surface area contributed by atoms with Crippen molar-refractivity contribution in [3.8, 4) is 5.75 Å². The van der Waals surface area contributed by atoms with Crippen molar-refractivity contribution in [2.75, 3.05) is 22.6 Å². The normalized spacial score (nSPS) is 13.4. The molecule has 0 aromatic heterocycles. The summed E-state index contributed by atoms with van der Waals surface area (Å²) in [6, 6.07) is 19.6. The molecule has 0 aliphatic carbocycles. The predicted octanol–water partition coefficient (Wildman–Crippen LogP) is 4.67. The highest BCUT2D eigenvalue weighted by atomic mass is 16.5. The summed E-state index contributed by atoms with van der Waals surface area (Å²) in [7, 11) is 1.55. The fourth-order valence-electron chi connectivity index (χ4n) is 3.82. The fourth-order valence-corrected chi connectivity index (χ4v) is 3.82. The highest BCUT2D eigenvalue weighted by Gasteiger charge is 2.40. The van der Waals surface area contributed by atoms with E-state index in [1.54, 1.807) is 49.6 Å². The number of nitrogens with zero attached hydrogens (tertiary/aromatic N) is 1. The lowest BCUT2D eigenvalue weighted by molar-refractivity contribution is -0.120. The van der Waals surface area contributed by atoms with E-state index in [9.17, 15) is 14.4 Å². The smallest absolute Gasteiger partial charge is 0.282 e. The Balaban J connectivity index is 1.82. The summed E-state index contributed by atoms with van der Waals surface area (Å²) in [5, 5.41) is 5.87. The Morgan fingerprint density at radius 3 is 2.12 bits per heavy atom. The molecule has 172 valence electrons. The number of imide groups is 1.